The molecular formula is C21H23FNO4PS. The summed E-state index contributed by atoms with van der Waals surface area (Å²) in [6.07, 6.45) is -0.344. The highest BCUT2D eigenvalue weighted by atomic mass is 32.1. The van der Waals surface area contributed by atoms with Crippen LogP contribution in [0.2, 0.25) is 0 Å². The molecule has 1 N–H and O–H groups in total. The van der Waals surface area contributed by atoms with Gasteiger partial charge in [0.2, 0.25) is 5.91 Å². The summed E-state index contributed by atoms with van der Waals surface area (Å²) in [5, 5.41) is 5.34. The molecule has 3 rings (SSSR count). The summed E-state index contributed by atoms with van der Waals surface area (Å²) in [5.74, 6) is -2.36. The number of hydrogen-bond acceptors (Lipinski definition) is 5. The Hall–Kier alpha value is -2.21. The maximum atomic E-state index is 15.6. The van der Waals surface area contributed by atoms with Crippen molar-refractivity contribution >= 4 is 34.9 Å². The van der Waals surface area contributed by atoms with E-state index in [1.807, 2.05) is 11.4 Å². The van der Waals surface area contributed by atoms with Gasteiger partial charge in [-0.05, 0) is 67.4 Å². The highest BCUT2D eigenvalue weighted by Crippen LogP contribution is 2.58. The van der Waals surface area contributed by atoms with E-state index in [2.05, 4.69) is 5.09 Å². The third-order valence-corrected chi connectivity index (χ3v) is 7.14. The Morgan fingerprint density at radius 1 is 1.10 bits per heavy atom. The van der Waals surface area contributed by atoms with Crippen molar-refractivity contribution in [3.63, 3.8) is 0 Å². The Kier molecular flexibility index (Phi) is 6.73. The van der Waals surface area contributed by atoms with E-state index in [1.54, 1.807) is 62.4 Å². The normalized spacial score (nSPS) is 15.6. The Bertz CT molecular complexity index is 1020. The minimum atomic E-state index is -4.18. The van der Waals surface area contributed by atoms with E-state index in [1.165, 1.54) is 18.3 Å². The minimum Gasteiger partial charge on any atom is -0.462 e. The van der Waals surface area contributed by atoms with E-state index in [-0.39, 0.29) is 17.4 Å². The predicted octanol–water partition coefficient (Wildman–Crippen LogP) is 6.07. The number of carbonyl (C=O) groups excluding carboxylic acids is 1. The van der Waals surface area contributed by atoms with Crippen molar-refractivity contribution in [2.24, 2.45) is 0 Å². The minimum absolute atomic E-state index is 0.215. The molecule has 3 aromatic rings. The second-order valence-electron chi connectivity index (χ2n) is 6.89. The molecule has 3 atom stereocenters. The number of para-hydroxylation sites is 1. The number of hydrogen-bond donors (Lipinski definition) is 1. The largest absolute Gasteiger partial charge is 0.462 e. The summed E-state index contributed by atoms with van der Waals surface area (Å²) in [4.78, 5) is 12.2. The number of benzene rings is 2. The molecule has 1 aromatic heterocycles. The first kappa shape index (κ1) is 21.5. The molecule has 29 heavy (non-hydrogen) atoms. The fourth-order valence-corrected chi connectivity index (χ4v) is 5.44. The molecule has 0 bridgehead atoms. The van der Waals surface area contributed by atoms with Crippen molar-refractivity contribution in [2.45, 2.75) is 38.8 Å². The second kappa shape index (κ2) is 9.08. The molecule has 2 unspecified atom stereocenters. The zero-order valence-corrected chi connectivity index (χ0v) is 18.1. The number of nitrogens with one attached hydrogen (secondary N) is 1. The van der Waals surface area contributed by atoms with Gasteiger partial charge in [0.05, 0.1) is 6.10 Å². The Balaban J connectivity index is 1.92. The highest BCUT2D eigenvalue weighted by Gasteiger charge is 2.40. The molecule has 2 aromatic carbocycles. The lowest BCUT2D eigenvalue weighted by atomic mass is 10.2. The van der Waals surface area contributed by atoms with Gasteiger partial charge in [0.25, 0.3) is 0 Å². The molecule has 0 aliphatic carbocycles. The molecular weight excluding hydrogens is 412 g/mol. The Labute approximate surface area is 173 Å². The smallest absolute Gasteiger partial charge is 0.355 e. The molecule has 0 amide bonds. The molecule has 0 saturated heterocycles. The van der Waals surface area contributed by atoms with Gasteiger partial charge >= 0.3 is 13.5 Å². The molecule has 0 spiro atoms. The van der Waals surface area contributed by atoms with Crippen LogP contribution in [0.3, 0.4) is 0 Å². The summed E-state index contributed by atoms with van der Waals surface area (Å²) < 4.78 is 41.0. The number of ether oxygens (including phenoxy) is 1. The van der Waals surface area contributed by atoms with E-state index in [0.29, 0.717) is 0 Å². The third kappa shape index (κ3) is 5.24. The van der Waals surface area contributed by atoms with Crippen molar-refractivity contribution in [2.75, 3.05) is 0 Å². The topological polar surface area (TPSA) is 64.6 Å². The summed E-state index contributed by atoms with van der Waals surface area (Å²) in [6, 6.07) is 14.2. The average Bonchev–Trinajstić information content (AvgIpc) is 3.15. The van der Waals surface area contributed by atoms with Crippen molar-refractivity contribution in [3.05, 3.63) is 65.5 Å². The quantitative estimate of drug-likeness (QED) is 0.344. The van der Waals surface area contributed by atoms with Gasteiger partial charge in [-0.3, -0.25) is 9.36 Å². The first-order chi connectivity index (χ1) is 13.8. The lowest BCUT2D eigenvalue weighted by Crippen LogP contribution is -2.36. The first-order valence-electron chi connectivity index (χ1n) is 9.22. The van der Waals surface area contributed by atoms with Crippen molar-refractivity contribution in [3.8, 4) is 5.75 Å². The summed E-state index contributed by atoms with van der Waals surface area (Å²) in [6.45, 7) is 4.89. The summed E-state index contributed by atoms with van der Waals surface area (Å²) in [7, 11) is -4.18. The molecule has 0 aliphatic heterocycles. The molecule has 0 fully saturated rings. The van der Waals surface area contributed by atoms with Gasteiger partial charge in [-0.1, -0.05) is 24.3 Å². The molecule has 0 aliphatic rings. The number of rotatable bonds is 8. The van der Waals surface area contributed by atoms with Crippen LogP contribution in [0.4, 0.5) is 4.39 Å². The van der Waals surface area contributed by atoms with Crippen molar-refractivity contribution < 1.29 is 23.0 Å². The Morgan fingerprint density at radius 2 is 1.83 bits per heavy atom. The first-order valence-corrected chi connectivity index (χ1v) is 11.8. The van der Waals surface area contributed by atoms with Crippen LogP contribution in [0, 0.1) is 0 Å². The SMILES string of the molecule is CC(C)OC(=O)[C@H](C)NP(=O)(Oc1ccccc1)C(F)c1ccc2sccc2c1. The lowest BCUT2D eigenvalue weighted by Gasteiger charge is -2.26. The van der Waals surface area contributed by atoms with E-state index < -0.39 is 25.4 Å². The van der Waals surface area contributed by atoms with Crippen LogP contribution in [-0.4, -0.2) is 18.1 Å². The van der Waals surface area contributed by atoms with Crippen LogP contribution in [0.15, 0.2) is 60.0 Å². The molecule has 5 nitrogen and oxygen atoms in total. The van der Waals surface area contributed by atoms with Crippen LogP contribution in [0.1, 0.15) is 32.2 Å². The average molecular weight is 435 g/mol. The number of alkyl halides is 1. The standard InChI is InChI=1S/C21H23FNO4PS/c1-14(2)26-21(24)15(3)23-28(25,27-18-7-5-4-6-8-18)20(22)17-9-10-19-16(13-17)11-12-29-19/h4-15,20H,1-3H3,(H,23,25)/t15-,20?,28?/m0/s1. The highest BCUT2D eigenvalue weighted by molar-refractivity contribution is 7.57. The van der Waals surface area contributed by atoms with Gasteiger partial charge in [0, 0.05) is 4.70 Å². The maximum Gasteiger partial charge on any atom is 0.355 e. The third-order valence-electron chi connectivity index (χ3n) is 4.11. The number of thiophene rings is 1. The van der Waals surface area contributed by atoms with E-state index in [4.69, 9.17) is 9.26 Å². The molecule has 0 saturated carbocycles. The van der Waals surface area contributed by atoms with Crippen molar-refractivity contribution in [1.29, 1.82) is 0 Å². The van der Waals surface area contributed by atoms with E-state index in [0.717, 1.165) is 10.1 Å². The molecule has 154 valence electrons. The number of esters is 1. The molecule has 8 heteroatoms. The number of fused-ring (bicyclic) bond motifs is 1. The van der Waals surface area contributed by atoms with Crippen LogP contribution in [0.25, 0.3) is 10.1 Å². The zero-order valence-electron chi connectivity index (χ0n) is 16.4. The van der Waals surface area contributed by atoms with Crippen molar-refractivity contribution in [1.82, 2.24) is 5.09 Å². The van der Waals surface area contributed by atoms with Crippen LogP contribution in [0.5, 0.6) is 5.75 Å². The maximum absolute atomic E-state index is 15.6. The molecule has 1 heterocycles. The van der Waals surface area contributed by atoms with Crippen LogP contribution >= 0.6 is 18.9 Å². The predicted molar refractivity (Wildman–Crippen MR) is 114 cm³/mol. The molecule has 0 radical (unpaired) electrons. The van der Waals surface area contributed by atoms with Gasteiger partial charge in [0.1, 0.15) is 11.8 Å². The summed E-state index contributed by atoms with van der Waals surface area (Å²) in [5.41, 5.74) is 0.215. The van der Waals surface area contributed by atoms with Gasteiger partial charge in [-0.25, -0.2) is 9.48 Å². The monoisotopic (exact) mass is 435 g/mol. The Morgan fingerprint density at radius 3 is 2.52 bits per heavy atom. The van der Waals surface area contributed by atoms with Gasteiger partial charge in [0.15, 0.2) is 0 Å². The fraction of sp³-hybridized carbons (Fsp3) is 0.286. The zero-order chi connectivity index (χ0) is 21.0. The van der Waals surface area contributed by atoms with Gasteiger partial charge in [-0.15, -0.1) is 11.3 Å². The van der Waals surface area contributed by atoms with E-state index in [9.17, 15) is 9.36 Å². The van der Waals surface area contributed by atoms with E-state index >= 15 is 4.39 Å². The number of carbonyl (C=O) groups is 1. The van der Waals surface area contributed by atoms with Crippen LogP contribution < -0.4 is 9.61 Å². The second-order valence-corrected chi connectivity index (χ2v) is 9.93. The summed E-state index contributed by atoms with van der Waals surface area (Å²) >= 11 is 1.54. The number of halogens is 1. The fourth-order valence-electron chi connectivity index (χ4n) is 2.76. The van der Waals surface area contributed by atoms with Crippen LogP contribution in [-0.2, 0) is 14.1 Å². The van der Waals surface area contributed by atoms with Gasteiger partial charge < -0.3 is 9.26 Å². The lowest BCUT2D eigenvalue weighted by molar-refractivity contribution is -0.149. The van der Waals surface area contributed by atoms with Gasteiger partial charge in [-0.2, -0.15) is 0 Å².